The number of aromatic amines is 1. The van der Waals surface area contributed by atoms with Crippen molar-refractivity contribution in [2.75, 3.05) is 12.4 Å². The second-order valence-electron chi connectivity index (χ2n) is 7.31. The largest absolute Gasteiger partial charge is 0.416 e. The third kappa shape index (κ3) is 3.74. The van der Waals surface area contributed by atoms with Crippen LogP contribution in [0.25, 0.3) is 0 Å². The van der Waals surface area contributed by atoms with Crippen LogP contribution in [0.1, 0.15) is 39.8 Å². The van der Waals surface area contributed by atoms with Crippen molar-refractivity contribution in [3.05, 3.63) is 57.8 Å². The van der Waals surface area contributed by atoms with Gasteiger partial charge in [-0.05, 0) is 49.1 Å². The van der Waals surface area contributed by atoms with Crippen molar-refractivity contribution in [3.8, 4) is 5.88 Å². The van der Waals surface area contributed by atoms with E-state index in [2.05, 4.69) is 20.7 Å². The normalized spacial score (nSPS) is 14.9. The highest BCUT2D eigenvalue weighted by Crippen LogP contribution is 2.41. The predicted molar refractivity (Wildman–Crippen MR) is 111 cm³/mol. The molecule has 0 saturated carbocycles. The first-order chi connectivity index (χ1) is 14.8. The smallest absolute Gasteiger partial charge is 0.388 e. The molecule has 0 fully saturated rings. The number of H-pyrrole nitrogens is 1. The van der Waals surface area contributed by atoms with E-state index < -0.39 is 11.9 Å². The fourth-order valence-electron chi connectivity index (χ4n) is 3.99. The Bertz CT molecular complexity index is 1160. The number of fused-ring (bicyclic) bond motifs is 1. The third-order valence-electron chi connectivity index (χ3n) is 5.57. The standard InChI is InChI=1S/C20H20ClFN6O3/c1-10-17-12(5-7-15(17)28(3)20(30)31-16-9-23-26-25-16)18(27(10)2)19(29)24-11-4-6-14(22)13(21)8-11/h4,6,8-9,15H,5,7H2,1-3H3,(H,24,29)(H,23,25,26). The van der Waals surface area contributed by atoms with Crippen LogP contribution in [0.4, 0.5) is 14.9 Å². The molecule has 3 aromatic rings. The van der Waals surface area contributed by atoms with Crippen LogP contribution in [0.3, 0.4) is 0 Å². The summed E-state index contributed by atoms with van der Waals surface area (Å²) in [7, 11) is 3.44. The molecule has 1 unspecified atom stereocenters. The van der Waals surface area contributed by atoms with E-state index >= 15 is 0 Å². The van der Waals surface area contributed by atoms with Gasteiger partial charge in [0.15, 0.2) is 0 Å². The van der Waals surface area contributed by atoms with Gasteiger partial charge in [-0.15, -0.1) is 5.10 Å². The monoisotopic (exact) mass is 446 g/mol. The number of ether oxygens (including phenoxy) is 1. The fraction of sp³-hybridized carbons (Fsp3) is 0.300. The van der Waals surface area contributed by atoms with Crippen molar-refractivity contribution in [3.63, 3.8) is 0 Å². The molecule has 1 aliphatic rings. The van der Waals surface area contributed by atoms with Crippen molar-refractivity contribution < 1.29 is 18.7 Å². The highest BCUT2D eigenvalue weighted by molar-refractivity contribution is 6.31. The highest BCUT2D eigenvalue weighted by atomic mass is 35.5. The number of anilines is 1. The quantitative estimate of drug-likeness (QED) is 0.636. The molecule has 4 rings (SSSR count). The van der Waals surface area contributed by atoms with Crippen LogP contribution in [0.15, 0.2) is 24.4 Å². The number of benzene rings is 1. The van der Waals surface area contributed by atoms with Gasteiger partial charge in [-0.2, -0.15) is 10.3 Å². The van der Waals surface area contributed by atoms with Crippen LogP contribution in [-0.4, -0.2) is 43.9 Å². The molecule has 0 radical (unpaired) electrons. The van der Waals surface area contributed by atoms with Gasteiger partial charge in [-0.1, -0.05) is 11.6 Å². The molecule has 2 heterocycles. The summed E-state index contributed by atoms with van der Waals surface area (Å²) < 4.78 is 20.4. The van der Waals surface area contributed by atoms with Gasteiger partial charge in [0.25, 0.3) is 11.8 Å². The first kappa shape index (κ1) is 20.9. The maximum absolute atomic E-state index is 13.4. The molecular weight excluding hydrogens is 427 g/mol. The lowest BCUT2D eigenvalue weighted by atomic mass is 10.1. The summed E-state index contributed by atoms with van der Waals surface area (Å²) in [6.45, 7) is 1.90. The minimum atomic E-state index is -0.568. The first-order valence-electron chi connectivity index (χ1n) is 9.52. The summed E-state index contributed by atoms with van der Waals surface area (Å²) in [5, 5.41) is 12.4. The summed E-state index contributed by atoms with van der Waals surface area (Å²) in [5.41, 5.74) is 3.56. The number of carbonyl (C=O) groups is 2. The van der Waals surface area contributed by atoms with E-state index in [4.69, 9.17) is 16.3 Å². The van der Waals surface area contributed by atoms with Crippen molar-refractivity contribution in [1.82, 2.24) is 24.9 Å². The Morgan fingerprint density at radius 3 is 2.87 bits per heavy atom. The summed E-state index contributed by atoms with van der Waals surface area (Å²) in [4.78, 5) is 27.1. The van der Waals surface area contributed by atoms with Crippen LogP contribution >= 0.6 is 11.6 Å². The second-order valence-corrected chi connectivity index (χ2v) is 7.72. The molecule has 1 aromatic carbocycles. The van der Waals surface area contributed by atoms with Gasteiger partial charge in [0, 0.05) is 25.5 Å². The topological polar surface area (TPSA) is 105 Å². The number of hydrogen-bond donors (Lipinski definition) is 2. The molecule has 2 amide bonds. The molecule has 0 bridgehead atoms. The minimum Gasteiger partial charge on any atom is -0.388 e. The number of halogens is 2. The SMILES string of the molecule is Cc1c2c(c(C(=O)Nc3ccc(F)c(Cl)c3)n1C)CCC2N(C)C(=O)Oc1cn[nH]n1. The van der Waals surface area contributed by atoms with Crippen LogP contribution in [0.5, 0.6) is 5.88 Å². The molecule has 9 nitrogen and oxygen atoms in total. The van der Waals surface area contributed by atoms with Gasteiger partial charge in [-0.25, -0.2) is 9.18 Å². The van der Waals surface area contributed by atoms with Crippen molar-refractivity contribution in [1.29, 1.82) is 0 Å². The van der Waals surface area contributed by atoms with Gasteiger partial charge in [0.1, 0.15) is 17.7 Å². The number of carbonyl (C=O) groups excluding carboxylic acids is 2. The van der Waals surface area contributed by atoms with Crippen molar-refractivity contribution in [2.45, 2.75) is 25.8 Å². The Morgan fingerprint density at radius 1 is 1.42 bits per heavy atom. The number of amides is 2. The molecular formula is C20H20ClFN6O3. The van der Waals surface area contributed by atoms with Gasteiger partial charge in [0.05, 0.1) is 11.1 Å². The second kappa shape index (κ2) is 8.03. The number of nitrogens with one attached hydrogen (secondary N) is 2. The van der Waals surface area contributed by atoms with E-state index in [9.17, 15) is 14.0 Å². The van der Waals surface area contributed by atoms with E-state index in [1.54, 1.807) is 18.7 Å². The molecule has 2 aromatic heterocycles. The predicted octanol–water partition coefficient (Wildman–Crippen LogP) is 3.61. The average Bonchev–Trinajstić information content (AvgIpc) is 3.44. The third-order valence-corrected chi connectivity index (χ3v) is 5.86. The number of rotatable bonds is 4. The number of aromatic nitrogens is 4. The Balaban J connectivity index is 1.59. The zero-order valence-electron chi connectivity index (χ0n) is 17.1. The average molecular weight is 447 g/mol. The lowest BCUT2D eigenvalue weighted by Crippen LogP contribution is -2.33. The van der Waals surface area contributed by atoms with Crippen LogP contribution in [0.2, 0.25) is 5.02 Å². The Hall–Kier alpha value is -3.40. The Morgan fingerprint density at radius 2 is 2.19 bits per heavy atom. The van der Waals surface area contributed by atoms with E-state index in [0.717, 1.165) is 16.8 Å². The van der Waals surface area contributed by atoms with Crippen LogP contribution in [-0.2, 0) is 13.5 Å². The molecule has 1 atom stereocenters. The lowest BCUT2D eigenvalue weighted by Gasteiger charge is -2.24. The molecule has 0 spiro atoms. The number of nitrogens with zero attached hydrogens (tertiary/aromatic N) is 4. The van der Waals surface area contributed by atoms with E-state index in [-0.39, 0.29) is 22.9 Å². The molecule has 11 heteroatoms. The van der Waals surface area contributed by atoms with Gasteiger partial charge in [0.2, 0.25) is 0 Å². The summed E-state index contributed by atoms with van der Waals surface area (Å²) in [6, 6.07) is 3.76. The van der Waals surface area contributed by atoms with Crippen LogP contribution in [0, 0.1) is 12.7 Å². The summed E-state index contributed by atoms with van der Waals surface area (Å²) in [5.74, 6) is -0.806. The van der Waals surface area contributed by atoms with E-state index in [1.165, 1.54) is 29.3 Å². The zero-order chi connectivity index (χ0) is 22.3. The van der Waals surface area contributed by atoms with Crippen LogP contribution < -0.4 is 10.1 Å². The van der Waals surface area contributed by atoms with E-state index in [0.29, 0.717) is 24.2 Å². The van der Waals surface area contributed by atoms with Gasteiger partial charge < -0.3 is 19.5 Å². The zero-order valence-corrected chi connectivity index (χ0v) is 17.8. The van der Waals surface area contributed by atoms with E-state index in [1.807, 2.05) is 6.92 Å². The molecule has 31 heavy (non-hydrogen) atoms. The lowest BCUT2D eigenvalue weighted by molar-refractivity contribution is 0.101. The summed E-state index contributed by atoms with van der Waals surface area (Å²) in [6.07, 6.45) is 2.02. The molecule has 1 aliphatic carbocycles. The first-order valence-corrected chi connectivity index (χ1v) is 9.90. The molecule has 2 N–H and O–H groups in total. The van der Waals surface area contributed by atoms with Gasteiger partial charge in [-0.3, -0.25) is 4.79 Å². The van der Waals surface area contributed by atoms with Crippen molar-refractivity contribution in [2.24, 2.45) is 7.05 Å². The highest BCUT2D eigenvalue weighted by Gasteiger charge is 2.37. The fourth-order valence-corrected chi connectivity index (χ4v) is 4.17. The maximum atomic E-state index is 13.4. The Labute approximate surface area is 182 Å². The molecule has 0 aliphatic heterocycles. The summed E-state index contributed by atoms with van der Waals surface area (Å²) >= 11 is 5.82. The molecule has 0 saturated heterocycles. The molecule has 162 valence electrons. The Kier molecular flexibility index (Phi) is 5.40. The van der Waals surface area contributed by atoms with Crippen molar-refractivity contribution >= 4 is 29.3 Å². The maximum Gasteiger partial charge on any atom is 0.416 e. The number of hydrogen-bond acceptors (Lipinski definition) is 5. The van der Waals surface area contributed by atoms with Gasteiger partial charge >= 0.3 is 6.09 Å². The minimum absolute atomic E-state index is 0.0709.